The number of nitrogens with zero attached hydrogens (tertiary/aromatic N) is 3. The summed E-state index contributed by atoms with van der Waals surface area (Å²) < 4.78 is 26.5. The molecule has 150 valence electrons. The van der Waals surface area contributed by atoms with Crippen LogP contribution in [0.15, 0.2) is 59.8 Å². The van der Waals surface area contributed by atoms with Gasteiger partial charge in [0.05, 0.1) is 22.2 Å². The van der Waals surface area contributed by atoms with E-state index in [2.05, 4.69) is 5.10 Å². The first kappa shape index (κ1) is 20.7. The molecule has 0 aliphatic rings. The van der Waals surface area contributed by atoms with Crippen LogP contribution in [0.3, 0.4) is 0 Å². The zero-order chi connectivity index (χ0) is 21.3. The maximum absolute atomic E-state index is 12.7. The minimum Gasteiger partial charge on any atom is -0.507 e. The van der Waals surface area contributed by atoms with Crippen LogP contribution in [0.1, 0.15) is 26.3 Å². The molecule has 0 radical (unpaired) electrons. The average molecular weight is 434 g/mol. The predicted molar refractivity (Wildman–Crippen MR) is 106 cm³/mol. The molecule has 2 aromatic carbocycles. The third-order valence-corrected chi connectivity index (χ3v) is 6.16. The van der Waals surface area contributed by atoms with Gasteiger partial charge in [0, 0.05) is 30.9 Å². The van der Waals surface area contributed by atoms with Crippen LogP contribution in [-0.4, -0.2) is 53.4 Å². The highest BCUT2D eigenvalue weighted by Gasteiger charge is 2.21. The molecule has 0 saturated heterocycles. The number of carbonyl (C=O) groups excluding carboxylic acids is 2. The second-order valence-electron chi connectivity index (χ2n) is 6.28. The van der Waals surface area contributed by atoms with Crippen LogP contribution < -0.4 is 0 Å². The highest BCUT2D eigenvalue weighted by Crippen LogP contribution is 2.24. The molecule has 1 aromatic heterocycles. The topological polar surface area (TPSA) is 110 Å². The summed E-state index contributed by atoms with van der Waals surface area (Å²) in [5.74, 6) is -1.43. The Hall–Kier alpha value is -3.01. The molecule has 0 unspecified atom stereocenters. The van der Waals surface area contributed by atoms with E-state index >= 15 is 0 Å². The number of halogens is 1. The van der Waals surface area contributed by atoms with Gasteiger partial charge in [-0.15, -0.1) is 0 Å². The number of hydrogen-bond acceptors (Lipinski definition) is 6. The Labute approximate surface area is 172 Å². The van der Waals surface area contributed by atoms with E-state index in [-0.39, 0.29) is 32.4 Å². The van der Waals surface area contributed by atoms with Gasteiger partial charge in [0.2, 0.25) is 10.0 Å². The molecule has 0 amide bonds. The molecule has 8 nitrogen and oxygen atoms in total. The van der Waals surface area contributed by atoms with Crippen LogP contribution in [0.5, 0.6) is 5.75 Å². The summed E-state index contributed by atoms with van der Waals surface area (Å²) in [5.41, 5.74) is 0.122. The normalized spacial score (nSPS) is 11.6. The predicted octanol–water partition coefficient (Wildman–Crippen LogP) is 2.41. The van der Waals surface area contributed by atoms with Crippen molar-refractivity contribution in [3.63, 3.8) is 0 Å². The number of hydrogen-bond donors (Lipinski definition) is 1. The number of phenolic OH excluding ortho intramolecular Hbond substituents is 1. The van der Waals surface area contributed by atoms with Gasteiger partial charge in [0.25, 0.3) is 5.91 Å². The first-order valence-corrected chi connectivity index (χ1v) is 10.1. The molecule has 3 rings (SSSR count). The van der Waals surface area contributed by atoms with Crippen LogP contribution in [0.4, 0.5) is 0 Å². The van der Waals surface area contributed by atoms with Gasteiger partial charge in [-0.25, -0.2) is 17.4 Å². The van der Waals surface area contributed by atoms with Crippen molar-refractivity contribution in [3.05, 3.63) is 76.6 Å². The second-order valence-corrected chi connectivity index (χ2v) is 8.87. The number of benzene rings is 2. The molecule has 29 heavy (non-hydrogen) atoms. The molecule has 0 fully saturated rings. The van der Waals surface area contributed by atoms with E-state index in [4.69, 9.17) is 11.6 Å². The Balaban J connectivity index is 1.92. The van der Waals surface area contributed by atoms with E-state index in [0.717, 1.165) is 8.99 Å². The van der Waals surface area contributed by atoms with E-state index in [9.17, 15) is 23.1 Å². The second kappa shape index (κ2) is 7.78. The largest absolute Gasteiger partial charge is 0.507 e. The minimum atomic E-state index is -3.71. The first-order chi connectivity index (χ1) is 13.6. The SMILES string of the molecule is CN(C)S(=O)(=O)c1cccc(C(=O)n2cc(C(=O)c3cc(Cl)ccc3O)cn2)c1. The van der Waals surface area contributed by atoms with Gasteiger partial charge in [-0.1, -0.05) is 17.7 Å². The summed E-state index contributed by atoms with van der Waals surface area (Å²) in [4.78, 5) is 25.2. The van der Waals surface area contributed by atoms with Crippen molar-refractivity contribution in [2.24, 2.45) is 0 Å². The van der Waals surface area contributed by atoms with Crippen molar-refractivity contribution in [3.8, 4) is 5.75 Å². The summed E-state index contributed by atoms with van der Waals surface area (Å²) in [7, 11) is -0.932. The summed E-state index contributed by atoms with van der Waals surface area (Å²) in [6.07, 6.45) is 2.39. The van der Waals surface area contributed by atoms with Crippen molar-refractivity contribution in [1.29, 1.82) is 0 Å². The number of ketones is 1. The van der Waals surface area contributed by atoms with Crippen molar-refractivity contribution in [2.75, 3.05) is 14.1 Å². The fourth-order valence-corrected chi connectivity index (χ4v) is 3.65. The van der Waals surface area contributed by atoms with Crippen molar-refractivity contribution in [2.45, 2.75) is 4.90 Å². The monoisotopic (exact) mass is 433 g/mol. The Kier molecular flexibility index (Phi) is 5.56. The molecule has 1 N–H and O–H groups in total. The molecule has 10 heteroatoms. The lowest BCUT2D eigenvalue weighted by Crippen LogP contribution is -2.22. The summed E-state index contributed by atoms with van der Waals surface area (Å²) in [6.45, 7) is 0. The number of sulfonamides is 1. The van der Waals surface area contributed by atoms with Crippen LogP contribution >= 0.6 is 11.6 Å². The van der Waals surface area contributed by atoms with Crippen molar-refractivity contribution < 1.29 is 23.1 Å². The van der Waals surface area contributed by atoms with Crippen LogP contribution in [-0.2, 0) is 10.0 Å². The number of carbonyl (C=O) groups is 2. The lowest BCUT2D eigenvalue weighted by Gasteiger charge is -2.11. The van der Waals surface area contributed by atoms with E-state index in [1.54, 1.807) is 0 Å². The Morgan fingerprint density at radius 1 is 1.10 bits per heavy atom. The van der Waals surface area contributed by atoms with Crippen molar-refractivity contribution >= 4 is 33.3 Å². The van der Waals surface area contributed by atoms with E-state index in [1.807, 2.05) is 0 Å². The van der Waals surface area contributed by atoms with Gasteiger partial charge in [-0.3, -0.25) is 9.59 Å². The Morgan fingerprint density at radius 2 is 1.83 bits per heavy atom. The summed E-state index contributed by atoms with van der Waals surface area (Å²) >= 11 is 5.87. The smallest absolute Gasteiger partial charge is 0.278 e. The average Bonchev–Trinajstić information content (AvgIpc) is 3.19. The van der Waals surface area contributed by atoms with E-state index in [1.165, 1.54) is 69.0 Å². The van der Waals surface area contributed by atoms with Gasteiger partial charge in [0.15, 0.2) is 5.78 Å². The highest BCUT2D eigenvalue weighted by molar-refractivity contribution is 7.89. The number of aromatic nitrogens is 2. The molecule has 0 bridgehead atoms. The van der Waals surface area contributed by atoms with Gasteiger partial charge in [0.1, 0.15) is 5.75 Å². The summed E-state index contributed by atoms with van der Waals surface area (Å²) in [6, 6.07) is 9.56. The molecule has 0 aliphatic heterocycles. The molecule has 3 aromatic rings. The molecular formula is C19H16ClN3O5S. The molecular weight excluding hydrogens is 418 g/mol. The zero-order valence-corrected chi connectivity index (χ0v) is 17.0. The maximum atomic E-state index is 12.7. The fraction of sp³-hybridized carbons (Fsp3) is 0.105. The molecule has 0 saturated carbocycles. The standard InChI is InChI=1S/C19H16ClN3O5S/c1-22(2)29(27,28)15-5-3-4-12(8-15)19(26)23-11-13(10-21-23)18(25)16-9-14(20)6-7-17(16)24/h3-11,24H,1-2H3. The molecule has 1 heterocycles. The minimum absolute atomic E-state index is 0.0245. The van der Waals surface area contributed by atoms with Crippen LogP contribution in [0.25, 0.3) is 0 Å². The van der Waals surface area contributed by atoms with Crippen molar-refractivity contribution in [1.82, 2.24) is 14.1 Å². The quantitative estimate of drug-likeness (QED) is 0.619. The maximum Gasteiger partial charge on any atom is 0.278 e. The third kappa shape index (κ3) is 4.07. The van der Waals surface area contributed by atoms with E-state index < -0.39 is 21.7 Å². The zero-order valence-electron chi connectivity index (χ0n) is 15.4. The van der Waals surface area contributed by atoms with Gasteiger partial charge < -0.3 is 5.11 Å². The number of aromatic hydroxyl groups is 1. The number of phenols is 1. The lowest BCUT2D eigenvalue weighted by molar-refractivity contribution is 0.0945. The summed E-state index contributed by atoms with van der Waals surface area (Å²) in [5, 5.41) is 14.0. The van der Waals surface area contributed by atoms with Gasteiger partial charge in [-0.05, 0) is 36.4 Å². The van der Waals surface area contributed by atoms with E-state index in [0.29, 0.717) is 0 Å². The third-order valence-electron chi connectivity index (χ3n) is 4.12. The Bertz CT molecular complexity index is 1220. The fourth-order valence-electron chi connectivity index (χ4n) is 2.53. The molecule has 0 aliphatic carbocycles. The van der Waals surface area contributed by atoms with Gasteiger partial charge in [-0.2, -0.15) is 5.10 Å². The Morgan fingerprint density at radius 3 is 2.52 bits per heavy atom. The highest BCUT2D eigenvalue weighted by atomic mass is 35.5. The lowest BCUT2D eigenvalue weighted by atomic mass is 10.1. The molecule has 0 atom stereocenters. The van der Waals surface area contributed by atoms with Gasteiger partial charge >= 0.3 is 0 Å². The van der Waals surface area contributed by atoms with Crippen LogP contribution in [0.2, 0.25) is 5.02 Å². The molecule has 0 spiro atoms. The van der Waals surface area contributed by atoms with Crippen LogP contribution in [0, 0.1) is 0 Å². The number of rotatable bonds is 5. The first-order valence-electron chi connectivity index (χ1n) is 8.26.